The zero-order valence-corrected chi connectivity index (χ0v) is 6.01. The zero-order chi connectivity index (χ0) is 4.12. The van der Waals surface area contributed by atoms with Gasteiger partial charge in [-0.2, -0.15) is 0 Å². The molecule has 0 radical (unpaired) electrons. The van der Waals surface area contributed by atoms with E-state index in [-0.39, 0.29) is 28.9 Å². The first-order chi connectivity index (χ1) is 2.41. The number of hydrogen-bond donors (Lipinski definition) is 1. The summed E-state index contributed by atoms with van der Waals surface area (Å²) >= 11 is 0. The van der Waals surface area contributed by atoms with Gasteiger partial charge >= 0.3 is 0 Å². The second-order valence-corrected chi connectivity index (χ2v) is 1.08. The summed E-state index contributed by atoms with van der Waals surface area (Å²) in [5.41, 5.74) is 0. The molecule has 50 valence electrons. The van der Waals surface area contributed by atoms with E-state index in [9.17, 15) is 0 Å². The first-order valence-corrected chi connectivity index (χ1v) is 2.02. The zero-order valence-electron chi connectivity index (χ0n) is 4.26. The fourth-order valence-electron chi connectivity index (χ4n) is 0.158. The van der Waals surface area contributed by atoms with Crippen molar-refractivity contribution in [2.45, 2.75) is 19.8 Å². The molecule has 1 N–H and O–H groups in total. The van der Waals surface area contributed by atoms with Crippen LogP contribution in [0.25, 0.3) is 0 Å². The fourth-order valence-corrected chi connectivity index (χ4v) is 0.158. The first kappa shape index (κ1) is 15.6. The monoisotopic (exact) mass is 167 g/mol. The van der Waals surface area contributed by atoms with Crippen LogP contribution < -0.4 is 12.4 Å². The van der Waals surface area contributed by atoms with Gasteiger partial charge in [0, 0.05) is 23.1 Å². The van der Waals surface area contributed by atoms with Crippen LogP contribution in [-0.2, 0) is 16.5 Å². The van der Waals surface area contributed by atoms with Crippen molar-refractivity contribution >= 4 is 0 Å². The summed E-state index contributed by atoms with van der Waals surface area (Å²) in [5, 5.41) is 8.07. The van der Waals surface area contributed by atoms with Gasteiger partial charge in [-0.1, -0.05) is 13.3 Å². The Bertz CT molecular complexity index is 19.2. The average molecular weight is 168 g/mol. The van der Waals surface area contributed by atoms with Crippen molar-refractivity contribution in [3.8, 4) is 0 Å². The molecule has 0 aromatic rings. The van der Waals surface area contributed by atoms with E-state index in [0.29, 0.717) is 6.61 Å². The van der Waals surface area contributed by atoms with Gasteiger partial charge in [-0.05, 0) is 6.42 Å². The van der Waals surface area contributed by atoms with Crippen LogP contribution in [0.15, 0.2) is 0 Å². The van der Waals surface area contributed by atoms with Gasteiger partial charge in [-0.3, -0.25) is 0 Å². The van der Waals surface area contributed by atoms with Gasteiger partial charge in [0.1, 0.15) is 0 Å². The third-order valence-corrected chi connectivity index (χ3v) is 0.512. The minimum atomic E-state index is 0. The van der Waals surface area contributed by atoms with Crippen molar-refractivity contribution in [3.63, 3.8) is 0 Å². The third kappa shape index (κ3) is 20.2. The van der Waals surface area contributed by atoms with Crippen molar-refractivity contribution < 1.29 is 34.0 Å². The number of hydrogen-bond acceptors (Lipinski definition) is 1. The molecule has 0 aromatic heterocycles. The maximum Gasteiger partial charge on any atom is 0.0430 e. The van der Waals surface area contributed by atoms with E-state index in [4.69, 9.17) is 5.11 Å². The summed E-state index contributed by atoms with van der Waals surface area (Å²) in [5.74, 6) is 0. The van der Waals surface area contributed by atoms with Gasteiger partial charge in [0.25, 0.3) is 0 Å². The molecule has 0 unspecified atom stereocenters. The molecule has 3 heteroatoms. The molecule has 0 heterocycles. The van der Waals surface area contributed by atoms with Gasteiger partial charge in [0.15, 0.2) is 0 Å². The molecular formula is C4H10ClNiO-. The van der Waals surface area contributed by atoms with E-state index in [1.165, 1.54) is 0 Å². The standard InChI is InChI=1S/C4H10O.ClH.Ni/c1-2-3-4-5;;/h5H,2-4H2,1H3;1H;/p-1. The van der Waals surface area contributed by atoms with Gasteiger partial charge in [-0.15, -0.1) is 0 Å². The molecule has 0 saturated carbocycles. The van der Waals surface area contributed by atoms with Crippen LogP contribution in [0.5, 0.6) is 0 Å². The van der Waals surface area contributed by atoms with E-state index < -0.39 is 0 Å². The van der Waals surface area contributed by atoms with Gasteiger partial charge in [0.05, 0.1) is 0 Å². The Balaban J connectivity index is -0.0000000800. The molecule has 0 amide bonds. The summed E-state index contributed by atoms with van der Waals surface area (Å²) in [6.45, 7) is 2.40. The molecule has 7 heavy (non-hydrogen) atoms. The normalized spacial score (nSPS) is 6.00. The molecule has 0 aliphatic carbocycles. The molecule has 0 spiro atoms. The molecule has 0 bridgehead atoms. The van der Waals surface area contributed by atoms with Crippen LogP contribution in [0.3, 0.4) is 0 Å². The number of unbranched alkanes of at least 4 members (excludes halogenated alkanes) is 1. The summed E-state index contributed by atoms with van der Waals surface area (Å²) in [4.78, 5) is 0. The molecule has 1 nitrogen and oxygen atoms in total. The Morgan fingerprint density at radius 1 is 1.43 bits per heavy atom. The van der Waals surface area contributed by atoms with E-state index in [0.717, 1.165) is 12.8 Å². The molecule has 0 rings (SSSR count). The molecule has 0 atom stereocenters. The minimum absolute atomic E-state index is 0. The summed E-state index contributed by atoms with van der Waals surface area (Å²) in [7, 11) is 0. The predicted molar refractivity (Wildman–Crippen MR) is 22.0 cm³/mol. The maximum atomic E-state index is 8.07. The second-order valence-electron chi connectivity index (χ2n) is 1.08. The van der Waals surface area contributed by atoms with Crippen molar-refractivity contribution in [1.29, 1.82) is 0 Å². The number of rotatable bonds is 2. The second kappa shape index (κ2) is 15.9. The predicted octanol–water partition coefficient (Wildman–Crippen LogP) is -2.22. The fraction of sp³-hybridized carbons (Fsp3) is 1.00. The molecule has 0 aliphatic heterocycles. The van der Waals surface area contributed by atoms with Gasteiger partial charge < -0.3 is 17.5 Å². The summed E-state index contributed by atoms with van der Waals surface area (Å²) in [6, 6.07) is 0. The summed E-state index contributed by atoms with van der Waals surface area (Å²) < 4.78 is 0. The molecule has 0 aromatic carbocycles. The van der Waals surface area contributed by atoms with Crippen molar-refractivity contribution in [2.24, 2.45) is 0 Å². The number of halogens is 1. The van der Waals surface area contributed by atoms with Crippen LogP contribution in [0, 0.1) is 0 Å². The Morgan fingerprint density at radius 2 is 1.86 bits per heavy atom. The Kier molecular flexibility index (Phi) is 35.5. The smallest absolute Gasteiger partial charge is 0.0430 e. The SMILES string of the molecule is CCCCO.[Cl-].[Ni]. The van der Waals surface area contributed by atoms with Crippen molar-refractivity contribution in [1.82, 2.24) is 0 Å². The Morgan fingerprint density at radius 3 is 1.86 bits per heavy atom. The quantitative estimate of drug-likeness (QED) is 0.463. The topological polar surface area (TPSA) is 20.2 Å². The van der Waals surface area contributed by atoms with Crippen LogP contribution in [0.1, 0.15) is 19.8 Å². The van der Waals surface area contributed by atoms with Crippen LogP contribution in [0.4, 0.5) is 0 Å². The first-order valence-electron chi connectivity index (χ1n) is 2.02. The molecule has 0 fully saturated rings. The van der Waals surface area contributed by atoms with E-state index in [1.54, 1.807) is 0 Å². The maximum absolute atomic E-state index is 8.07. The van der Waals surface area contributed by atoms with E-state index in [1.807, 2.05) is 0 Å². The van der Waals surface area contributed by atoms with Crippen LogP contribution in [0.2, 0.25) is 0 Å². The van der Waals surface area contributed by atoms with E-state index >= 15 is 0 Å². The molecule has 0 saturated heterocycles. The van der Waals surface area contributed by atoms with E-state index in [2.05, 4.69) is 6.92 Å². The van der Waals surface area contributed by atoms with Gasteiger partial charge in [-0.25, -0.2) is 0 Å². The molecule has 0 aliphatic rings. The van der Waals surface area contributed by atoms with Crippen molar-refractivity contribution in [2.75, 3.05) is 6.61 Å². The van der Waals surface area contributed by atoms with Crippen LogP contribution in [-0.4, -0.2) is 11.7 Å². The minimum Gasteiger partial charge on any atom is -1.00 e. The number of aliphatic hydroxyl groups is 1. The average Bonchev–Trinajstić information content (AvgIpc) is 1.41. The largest absolute Gasteiger partial charge is 1.00 e. The molecular weight excluding hydrogens is 158 g/mol. The van der Waals surface area contributed by atoms with Crippen molar-refractivity contribution in [3.05, 3.63) is 0 Å². The van der Waals surface area contributed by atoms with Gasteiger partial charge in [0.2, 0.25) is 0 Å². The number of aliphatic hydroxyl groups excluding tert-OH is 1. The summed E-state index contributed by atoms with van der Waals surface area (Å²) in [6.07, 6.45) is 2.04. The van der Waals surface area contributed by atoms with Crippen LogP contribution >= 0.6 is 0 Å². The Labute approximate surface area is 60.8 Å². The third-order valence-electron chi connectivity index (χ3n) is 0.512. The Hall–Kier alpha value is 0.744.